The molecule has 0 amide bonds. The molecule has 0 radical (unpaired) electrons. The van der Waals surface area contributed by atoms with Gasteiger partial charge in [-0.1, -0.05) is 0 Å². The van der Waals surface area contributed by atoms with Crippen molar-refractivity contribution in [1.82, 2.24) is 14.8 Å². The van der Waals surface area contributed by atoms with Gasteiger partial charge in [-0.25, -0.2) is 9.59 Å². The number of aromatic amines is 1. The molecule has 0 saturated heterocycles. The van der Waals surface area contributed by atoms with E-state index in [2.05, 4.69) is 14.5 Å². The second-order valence-electron chi connectivity index (χ2n) is 2.37. The van der Waals surface area contributed by atoms with Crippen LogP contribution in [0, 0.1) is 0 Å². The van der Waals surface area contributed by atoms with Gasteiger partial charge in [-0.3, -0.25) is 9.67 Å². The molecule has 2 aromatic heterocycles. The largest absolute Gasteiger partial charge is 0.420 e. The highest BCUT2D eigenvalue weighted by molar-refractivity contribution is 5.71. The summed E-state index contributed by atoms with van der Waals surface area (Å²) in [6, 6.07) is 0. The Balaban J connectivity index is 3.08. The number of rotatable bonds is 0. The molecule has 0 aliphatic heterocycles. The molecule has 0 atom stereocenters. The molecule has 0 aliphatic rings. The van der Waals surface area contributed by atoms with Crippen LogP contribution in [0.2, 0.25) is 0 Å². The minimum atomic E-state index is -0.786. The standard InChI is InChI=1S/C6H5N3O3/c1-9-2-3-4(8-9)7-6(11)12-5(3)10/h2H,1H3,(H,7,8,11). The first kappa shape index (κ1) is 6.84. The Morgan fingerprint density at radius 3 is 3.08 bits per heavy atom. The molecular formula is C6H5N3O3. The van der Waals surface area contributed by atoms with Crippen LogP contribution in [0.5, 0.6) is 0 Å². The molecule has 62 valence electrons. The molecule has 6 heteroatoms. The Morgan fingerprint density at radius 2 is 2.33 bits per heavy atom. The van der Waals surface area contributed by atoms with E-state index < -0.39 is 11.4 Å². The average molecular weight is 167 g/mol. The van der Waals surface area contributed by atoms with Crippen molar-refractivity contribution in [3.05, 3.63) is 27.2 Å². The maximum absolute atomic E-state index is 11.0. The summed E-state index contributed by atoms with van der Waals surface area (Å²) >= 11 is 0. The molecular weight excluding hydrogens is 162 g/mol. The molecule has 2 heterocycles. The minimum Gasteiger partial charge on any atom is -0.372 e. The Bertz CT molecular complexity index is 533. The topological polar surface area (TPSA) is 80.9 Å². The van der Waals surface area contributed by atoms with E-state index in [1.54, 1.807) is 7.05 Å². The zero-order chi connectivity index (χ0) is 8.72. The molecule has 0 saturated carbocycles. The number of fused-ring (bicyclic) bond motifs is 1. The SMILES string of the molecule is Cn1cc2c(=O)oc(=O)[nH]c2n1. The maximum atomic E-state index is 11.0. The summed E-state index contributed by atoms with van der Waals surface area (Å²) in [5, 5.41) is 4.11. The Morgan fingerprint density at radius 1 is 1.58 bits per heavy atom. The van der Waals surface area contributed by atoms with E-state index in [4.69, 9.17) is 0 Å². The zero-order valence-corrected chi connectivity index (χ0v) is 6.20. The van der Waals surface area contributed by atoms with E-state index in [-0.39, 0.29) is 11.0 Å². The molecule has 0 fully saturated rings. The van der Waals surface area contributed by atoms with Crippen LogP contribution >= 0.6 is 0 Å². The number of nitrogens with one attached hydrogen (secondary N) is 1. The zero-order valence-electron chi connectivity index (χ0n) is 6.20. The molecule has 0 bridgehead atoms. The van der Waals surface area contributed by atoms with Gasteiger partial charge >= 0.3 is 11.4 Å². The smallest absolute Gasteiger partial charge is 0.372 e. The van der Waals surface area contributed by atoms with Gasteiger partial charge in [0.05, 0.1) is 0 Å². The van der Waals surface area contributed by atoms with Gasteiger partial charge in [0.1, 0.15) is 5.39 Å². The van der Waals surface area contributed by atoms with Crippen LogP contribution in [0.25, 0.3) is 11.0 Å². The van der Waals surface area contributed by atoms with Crippen molar-refractivity contribution in [2.24, 2.45) is 7.05 Å². The van der Waals surface area contributed by atoms with Crippen molar-refractivity contribution in [3.8, 4) is 0 Å². The summed E-state index contributed by atoms with van der Waals surface area (Å²) in [5.74, 6) is -0.786. The molecule has 0 unspecified atom stereocenters. The van der Waals surface area contributed by atoms with E-state index in [9.17, 15) is 9.59 Å². The lowest BCUT2D eigenvalue weighted by Crippen LogP contribution is -2.13. The first-order valence-corrected chi connectivity index (χ1v) is 3.23. The lowest BCUT2D eigenvalue weighted by molar-refractivity contribution is 0.460. The van der Waals surface area contributed by atoms with Crippen molar-refractivity contribution >= 4 is 11.0 Å². The van der Waals surface area contributed by atoms with Gasteiger partial charge in [0, 0.05) is 13.2 Å². The number of aryl methyl sites for hydroxylation is 1. The summed E-state index contributed by atoms with van der Waals surface area (Å²) < 4.78 is 5.71. The maximum Gasteiger partial charge on any atom is 0.420 e. The van der Waals surface area contributed by atoms with E-state index in [1.807, 2.05) is 0 Å². The van der Waals surface area contributed by atoms with Crippen molar-refractivity contribution in [2.45, 2.75) is 0 Å². The van der Waals surface area contributed by atoms with Crippen LogP contribution in [-0.2, 0) is 7.05 Å². The van der Waals surface area contributed by atoms with E-state index in [1.165, 1.54) is 10.9 Å². The Labute approximate surface area is 65.4 Å². The van der Waals surface area contributed by atoms with Crippen LogP contribution in [0.1, 0.15) is 0 Å². The number of nitrogens with zero attached hydrogens (tertiary/aromatic N) is 2. The third-order valence-electron chi connectivity index (χ3n) is 1.45. The third-order valence-corrected chi connectivity index (χ3v) is 1.45. The second-order valence-corrected chi connectivity index (χ2v) is 2.37. The van der Waals surface area contributed by atoms with Crippen molar-refractivity contribution in [1.29, 1.82) is 0 Å². The predicted octanol–water partition coefficient (Wildman–Crippen LogP) is -0.785. The quantitative estimate of drug-likeness (QED) is 0.557. The van der Waals surface area contributed by atoms with Crippen LogP contribution in [-0.4, -0.2) is 14.8 Å². The van der Waals surface area contributed by atoms with Crippen molar-refractivity contribution < 1.29 is 4.42 Å². The van der Waals surface area contributed by atoms with Crippen LogP contribution in [0.4, 0.5) is 0 Å². The normalized spacial score (nSPS) is 10.8. The second kappa shape index (κ2) is 2.07. The fraction of sp³-hybridized carbons (Fsp3) is 0.167. The van der Waals surface area contributed by atoms with E-state index in [0.29, 0.717) is 0 Å². The Hall–Kier alpha value is -1.85. The number of hydrogen-bond donors (Lipinski definition) is 1. The first-order chi connectivity index (χ1) is 5.66. The molecule has 0 aromatic carbocycles. The van der Waals surface area contributed by atoms with Crippen LogP contribution < -0.4 is 11.4 Å². The highest BCUT2D eigenvalue weighted by Gasteiger charge is 2.04. The average Bonchev–Trinajstić information content (AvgIpc) is 2.29. The molecule has 12 heavy (non-hydrogen) atoms. The number of H-pyrrole nitrogens is 1. The van der Waals surface area contributed by atoms with Crippen LogP contribution in [0.3, 0.4) is 0 Å². The third kappa shape index (κ3) is 0.849. The summed E-state index contributed by atoms with van der Waals surface area (Å²) in [4.78, 5) is 23.9. The monoisotopic (exact) mass is 167 g/mol. The lowest BCUT2D eigenvalue weighted by atomic mass is 10.5. The van der Waals surface area contributed by atoms with Crippen molar-refractivity contribution in [3.63, 3.8) is 0 Å². The fourth-order valence-corrected chi connectivity index (χ4v) is 0.992. The van der Waals surface area contributed by atoms with Gasteiger partial charge in [0.25, 0.3) is 0 Å². The van der Waals surface area contributed by atoms with Crippen LogP contribution in [0.15, 0.2) is 20.2 Å². The van der Waals surface area contributed by atoms with E-state index in [0.717, 1.165) is 0 Å². The summed E-state index contributed by atoms with van der Waals surface area (Å²) in [5.41, 5.74) is -0.416. The Kier molecular flexibility index (Phi) is 1.18. The molecule has 0 aliphatic carbocycles. The summed E-state index contributed by atoms with van der Waals surface area (Å²) in [7, 11) is 1.65. The molecule has 2 aromatic rings. The highest BCUT2D eigenvalue weighted by Crippen LogP contribution is 1.98. The van der Waals surface area contributed by atoms with Gasteiger partial charge in [-0.2, -0.15) is 5.10 Å². The van der Waals surface area contributed by atoms with Crippen molar-refractivity contribution in [2.75, 3.05) is 0 Å². The summed E-state index contributed by atoms with van der Waals surface area (Å²) in [6.45, 7) is 0. The molecule has 6 nitrogen and oxygen atoms in total. The van der Waals surface area contributed by atoms with E-state index >= 15 is 0 Å². The molecule has 1 N–H and O–H groups in total. The first-order valence-electron chi connectivity index (χ1n) is 3.23. The number of aromatic nitrogens is 3. The highest BCUT2D eigenvalue weighted by atomic mass is 16.4. The fourth-order valence-electron chi connectivity index (χ4n) is 0.992. The predicted molar refractivity (Wildman–Crippen MR) is 39.9 cm³/mol. The molecule has 2 rings (SSSR count). The van der Waals surface area contributed by atoms with Gasteiger partial charge in [0.15, 0.2) is 5.65 Å². The van der Waals surface area contributed by atoms with Gasteiger partial charge < -0.3 is 4.42 Å². The minimum absolute atomic E-state index is 0.249. The molecule has 0 spiro atoms. The van der Waals surface area contributed by atoms with Gasteiger partial charge in [0.2, 0.25) is 0 Å². The summed E-state index contributed by atoms with van der Waals surface area (Å²) in [6.07, 6.45) is 1.48. The lowest BCUT2D eigenvalue weighted by Gasteiger charge is -1.81. The number of hydrogen-bond acceptors (Lipinski definition) is 4. The van der Waals surface area contributed by atoms with Gasteiger partial charge in [-0.15, -0.1) is 0 Å². The van der Waals surface area contributed by atoms with Gasteiger partial charge in [-0.05, 0) is 0 Å².